The average Bonchev–Trinajstić information content (AvgIpc) is 2.87. The van der Waals surface area contributed by atoms with Crippen molar-refractivity contribution in [2.75, 3.05) is 10.8 Å². The molecule has 0 aromatic heterocycles. The van der Waals surface area contributed by atoms with Gasteiger partial charge in [-0.1, -0.05) is 61.0 Å². The summed E-state index contributed by atoms with van der Waals surface area (Å²) in [5.74, 6) is -0.804. The maximum Gasteiger partial charge on any atom is 0.264 e. The first-order valence-electron chi connectivity index (χ1n) is 12.8. The molecule has 3 aromatic carbocycles. The summed E-state index contributed by atoms with van der Waals surface area (Å²) in [4.78, 5) is 28.9. The van der Waals surface area contributed by atoms with Gasteiger partial charge in [0.25, 0.3) is 10.0 Å². The first kappa shape index (κ1) is 30.2. The molecule has 0 fully saturated rings. The molecule has 9 heteroatoms. The Balaban J connectivity index is 2.06. The number of sulfonamides is 1. The molecule has 0 aliphatic rings. The number of nitrogens with zero attached hydrogens (tertiary/aromatic N) is 2. The van der Waals surface area contributed by atoms with Crippen LogP contribution in [0.2, 0.25) is 5.02 Å². The molecule has 3 aromatic rings. The number of hydrogen-bond acceptors (Lipinski definition) is 4. The van der Waals surface area contributed by atoms with Crippen molar-refractivity contribution in [3.8, 4) is 0 Å². The molecule has 208 valence electrons. The SMILES string of the molecule is CCC(C(=O)NC(C)(C)C)N(Cc1ccc(Cl)cc1)C(=O)CN(c1cccc(C)c1)S(=O)(=O)c1ccccc1. The van der Waals surface area contributed by atoms with Crippen molar-refractivity contribution < 1.29 is 18.0 Å². The van der Waals surface area contributed by atoms with Gasteiger partial charge < -0.3 is 10.2 Å². The van der Waals surface area contributed by atoms with Crippen LogP contribution >= 0.6 is 11.6 Å². The lowest BCUT2D eigenvalue weighted by Gasteiger charge is -2.34. The molecule has 0 heterocycles. The second-order valence-corrected chi connectivity index (χ2v) is 12.8. The number of anilines is 1. The van der Waals surface area contributed by atoms with Crippen molar-refractivity contribution >= 4 is 39.1 Å². The van der Waals surface area contributed by atoms with Crippen LogP contribution in [0.1, 0.15) is 45.2 Å². The minimum Gasteiger partial charge on any atom is -0.350 e. The molecule has 0 saturated heterocycles. The third kappa shape index (κ3) is 8.07. The van der Waals surface area contributed by atoms with E-state index in [1.165, 1.54) is 17.0 Å². The zero-order valence-corrected chi connectivity index (χ0v) is 24.6. The highest BCUT2D eigenvalue weighted by atomic mass is 35.5. The van der Waals surface area contributed by atoms with Crippen LogP contribution in [-0.4, -0.2) is 43.3 Å². The van der Waals surface area contributed by atoms with E-state index in [1.807, 2.05) is 40.7 Å². The Labute approximate surface area is 236 Å². The van der Waals surface area contributed by atoms with E-state index in [1.54, 1.807) is 60.7 Å². The topological polar surface area (TPSA) is 86.8 Å². The fourth-order valence-electron chi connectivity index (χ4n) is 4.19. The van der Waals surface area contributed by atoms with Crippen LogP contribution in [0, 0.1) is 6.92 Å². The van der Waals surface area contributed by atoms with Crippen LogP contribution in [0.25, 0.3) is 0 Å². The highest BCUT2D eigenvalue weighted by Gasteiger charge is 2.34. The van der Waals surface area contributed by atoms with Crippen LogP contribution in [0.3, 0.4) is 0 Å². The smallest absolute Gasteiger partial charge is 0.264 e. The first-order valence-corrected chi connectivity index (χ1v) is 14.6. The van der Waals surface area contributed by atoms with Gasteiger partial charge in [-0.25, -0.2) is 8.42 Å². The third-order valence-electron chi connectivity index (χ3n) is 6.05. The Hall–Kier alpha value is -3.36. The molecule has 2 amide bonds. The monoisotopic (exact) mass is 569 g/mol. The molecule has 0 spiro atoms. The van der Waals surface area contributed by atoms with Gasteiger partial charge in [0, 0.05) is 17.1 Å². The molecule has 1 unspecified atom stereocenters. The Morgan fingerprint density at radius 3 is 2.15 bits per heavy atom. The lowest BCUT2D eigenvalue weighted by atomic mass is 10.1. The minimum absolute atomic E-state index is 0.0704. The maximum atomic E-state index is 14.0. The number of benzene rings is 3. The van der Waals surface area contributed by atoms with Gasteiger partial charge in [0.05, 0.1) is 10.6 Å². The third-order valence-corrected chi connectivity index (χ3v) is 8.09. The lowest BCUT2D eigenvalue weighted by molar-refractivity contribution is -0.141. The normalized spacial score (nSPS) is 12.5. The number of halogens is 1. The molecule has 39 heavy (non-hydrogen) atoms. The largest absolute Gasteiger partial charge is 0.350 e. The summed E-state index contributed by atoms with van der Waals surface area (Å²) < 4.78 is 28.8. The lowest BCUT2D eigenvalue weighted by Crippen LogP contribution is -2.55. The maximum absolute atomic E-state index is 14.0. The fourth-order valence-corrected chi connectivity index (χ4v) is 5.74. The van der Waals surface area contributed by atoms with Gasteiger partial charge in [-0.3, -0.25) is 13.9 Å². The van der Waals surface area contributed by atoms with Crippen molar-refractivity contribution in [2.45, 2.75) is 64.1 Å². The standard InChI is InChI=1S/C30H36ClN3O4S/c1-6-27(29(36)32-30(3,4)5)33(20-23-15-17-24(31)18-16-23)28(35)21-34(25-12-10-11-22(2)19-25)39(37,38)26-13-8-7-9-14-26/h7-19,27H,6,20-21H2,1-5H3,(H,32,36). The Bertz CT molecular complexity index is 1390. The molecular formula is C30H36ClN3O4S. The highest BCUT2D eigenvalue weighted by molar-refractivity contribution is 7.92. The summed E-state index contributed by atoms with van der Waals surface area (Å²) in [6.45, 7) is 8.93. The van der Waals surface area contributed by atoms with Gasteiger partial charge in [-0.2, -0.15) is 0 Å². The summed E-state index contributed by atoms with van der Waals surface area (Å²) in [6, 6.07) is 21.2. The zero-order valence-electron chi connectivity index (χ0n) is 23.0. The van der Waals surface area contributed by atoms with E-state index in [0.29, 0.717) is 17.1 Å². The number of carbonyl (C=O) groups is 2. The van der Waals surface area contributed by atoms with Gasteiger partial charge in [-0.15, -0.1) is 0 Å². The number of aryl methyl sites for hydroxylation is 1. The number of nitrogens with one attached hydrogen (secondary N) is 1. The highest BCUT2D eigenvalue weighted by Crippen LogP contribution is 2.26. The van der Waals surface area contributed by atoms with E-state index in [4.69, 9.17) is 11.6 Å². The van der Waals surface area contributed by atoms with Crippen LogP contribution in [0.15, 0.2) is 83.8 Å². The molecule has 0 radical (unpaired) electrons. The molecule has 0 saturated carbocycles. The molecule has 1 N–H and O–H groups in total. The van der Waals surface area contributed by atoms with Crippen molar-refractivity contribution in [3.63, 3.8) is 0 Å². The summed E-state index contributed by atoms with van der Waals surface area (Å²) in [5.41, 5.74) is 1.47. The van der Waals surface area contributed by atoms with Crippen molar-refractivity contribution in [1.82, 2.24) is 10.2 Å². The van der Waals surface area contributed by atoms with Gasteiger partial charge in [0.2, 0.25) is 11.8 Å². The molecular weight excluding hydrogens is 534 g/mol. The van der Waals surface area contributed by atoms with Crippen LogP contribution in [0.5, 0.6) is 0 Å². The van der Waals surface area contributed by atoms with Crippen LogP contribution < -0.4 is 9.62 Å². The molecule has 7 nitrogen and oxygen atoms in total. The second-order valence-electron chi connectivity index (χ2n) is 10.5. The molecule has 0 aliphatic carbocycles. The second kappa shape index (κ2) is 12.7. The quantitative estimate of drug-likeness (QED) is 0.346. The summed E-state index contributed by atoms with van der Waals surface area (Å²) in [7, 11) is -4.09. The first-order chi connectivity index (χ1) is 18.3. The number of carbonyl (C=O) groups excluding carboxylic acids is 2. The van der Waals surface area contributed by atoms with E-state index in [0.717, 1.165) is 15.4 Å². The Kier molecular flexibility index (Phi) is 9.80. The van der Waals surface area contributed by atoms with E-state index in [-0.39, 0.29) is 17.3 Å². The van der Waals surface area contributed by atoms with Gasteiger partial charge in [0.1, 0.15) is 12.6 Å². The Morgan fingerprint density at radius 2 is 1.59 bits per heavy atom. The number of amides is 2. The van der Waals surface area contributed by atoms with E-state index in [9.17, 15) is 18.0 Å². The van der Waals surface area contributed by atoms with Crippen molar-refractivity contribution in [3.05, 3.63) is 95.0 Å². The van der Waals surface area contributed by atoms with Crippen molar-refractivity contribution in [1.29, 1.82) is 0 Å². The molecule has 0 aliphatic heterocycles. The zero-order chi connectivity index (χ0) is 28.8. The molecule has 0 bridgehead atoms. The van der Waals surface area contributed by atoms with Crippen LogP contribution in [0.4, 0.5) is 5.69 Å². The van der Waals surface area contributed by atoms with Gasteiger partial charge >= 0.3 is 0 Å². The van der Waals surface area contributed by atoms with Crippen molar-refractivity contribution in [2.24, 2.45) is 0 Å². The predicted octanol–water partition coefficient (Wildman–Crippen LogP) is 5.57. The summed E-state index contributed by atoms with van der Waals surface area (Å²) in [6.07, 6.45) is 0.344. The van der Waals surface area contributed by atoms with E-state index >= 15 is 0 Å². The number of hydrogen-bond donors (Lipinski definition) is 1. The van der Waals surface area contributed by atoms with Crippen LogP contribution in [-0.2, 0) is 26.2 Å². The van der Waals surface area contributed by atoms with Gasteiger partial charge in [-0.05, 0) is 81.6 Å². The van der Waals surface area contributed by atoms with Gasteiger partial charge in [0.15, 0.2) is 0 Å². The average molecular weight is 570 g/mol. The Morgan fingerprint density at radius 1 is 0.949 bits per heavy atom. The summed E-state index contributed by atoms with van der Waals surface area (Å²) in [5, 5.41) is 3.51. The number of rotatable bonds is 10. The molecule has 1 atom stereocenters. The van der Waals surface area contributed by atoms with E-state index in [2.05, 4.69) is 5.32 Å². The fraction of sp³-hybridized carbons (Fsp3) is 0.333. The minimum atomic E-state index is -4.09. The molecule has 3 rings (SSSR count). The summed E-state index contributed by atoms with van der Waals surface area (Å²) >= 11 is 6.06. The van der Waals surface area contributed by atoms with E-state index < -0.39 is 34.1 Å². The predicted molar refractivity (Wildman–Crippen MR) is 156 cm³/mol.